The lowest BCUT2D eigenvalue weighted by Gasteiger charge is -2.60. The molecular weight excluding hydrogens is 600 g/mol. The maximum atomic E-state index is 14.4. The van der Waals surface area contributed by atoms with E-state index < -0.39 is 5.97 Å². The second-order valence-corrected chi connectivity index (χ2v) is 16.1. The highest BCUT2D eigenvalue weighted by Gasteiger charge is 2.67. The predicted molar refractivity (Wildman–Crippen MR) is 185 cm³/mol. The summed E-state index contributed by atoms with van der Waals surface area (Å²) in [5.74, 6) is 2.82. The lowest BCUT2D eigenvalue weighted by atomic mass is 9.50. The van der Waals surface area contributed by atoms with Gasteiger partial charge in [-0.3, -0.25) is 14.5 Å². The number of nitrogens with zero attached hydrogens (tertiary/aromatic N) is 2. The first-order valence-corrected chi connectivity index (χ1v) is 19.2. The molecule has 3 saturated carbocycles. The second-order valence-electron chi connectivity index (χ2n) is 16.1. The Morgan fingerprint density at radius 3 is 2.58 bits per heavy atom. The SMILES string of the molecule is CC(=O)Oc1cc(O)c2c3c1O[C@H]1[C@H](N(CC4CCCCC4)C(=O)CCCCCc4ccccc4)CC[C@H]4[C@@H](C2)N(CC2CC2)CC[C@@]341. The van der Waals surface area contributed by atoms with Crippen molar-refractivity contribution >= 4 is 11.9 Å². The number of piperidine rings is 1. The molecular formula is C41H54N2O5. The molecule has 2 aliphatic heterocycles. The van der Waals surface area contributed by atoms with Crippen LogP contribution in [0.4, 0.5) is 0 Å². The highest BCUT2D eigenvalue weighted by molar-refractivity contribution is 5.77. The normalized spacial score (nSPS) is 29.2. The van der Waals surface area contributed by atoms with Crippen LogP contribution in [-0.4, -0.2) is 64.6 Å². The fourth-order valence-electron chi connectivity index (χ4n) is 10.7. The molecule has 8 rings (SSSR count). The molecule has 1 saturated heterocycles. The topological polar surface area (TPSA) is 79.3 Å². The number of carbonyl (C=O) groups excluding carboxylic acids is 2. The van der Waals surface area contributed by atoms with E-state index in [1.54, 1.807) is 6.07 Å². The number of amides is 1. The fraction of sp³-hybridized carbons (Fsp3) is 0.659. The van der Waals surface area contributed by atoms with Gasteiger partial charge in [0.05, 0.1) is 6.04 Å². The molecule has 7 heteroatoms. The Kier molecular flexibility index (Phi) is 8.94. The van der Waals surface area contributed by atoms with Crippen molar-refractivity contribution < 1.29 is 24.2 Å². The van der Waals surface area contributed by atoms with E-state index in [2.05, 4.69) is 40.1 Å². The van der Waals surface area contributed by atoms with Crippen molar-refractivity contribution in [2.24, 2.45) is 17.8 Å². The van der Waals surface area contributed by atoms with Crippen LogP contribution in [0.25, 0.3) is 0 Å². The van der Waals surface area contributed by atoms with E-state index >= 15 is 0 Å². The van der Waals surface area contributed by atoms with E-state index in [4.69, 9.17) is 9.47 Å². The summed E-state index contributed by atoms with van der Waals surface area (Å²) in [7, 11) is 0. The third-order valence-electron chi connectivity index (χ3n) is 13.0. The van der Waals surface area contributed by atoms with Gasteiger partial charge in [0.1, 0.15) is 11.9 Å². The minimum Gasteiger partial charge on any atom is -0.508 e. The number of phenolic OH excluding ortho intramolecular Hbond substituents is 1. The molecule has 0 radical (unpaired) electrons. The van der Waals surface area contributed by atoms with E-state index in [-0.39, 0.29) is 29.2 Å². The summed E-state index contributed by atoms with van der Waals surface area (Å²) in [5, 5.41) is 11.5. The molecule has 7 nitrogen and oxygen atoms in total. The molecule has 1 amide bonds. The molecule has 2 heterocycles. The van der Waals surface area contributed by atoms with Crippen LogP contribution in [0.5, 0.6) is 17.2 Å². The molecule has 258 valence electrons. The summed E-state index contributed by atoms with van der Waals surface area (Å²) in [6.07, 6.45) is 17.1. The first-order valence-electron chi connectivity index (χ1n) is 19.2. The van der Waals surface area contributed by atoms with Crippen LogP contribution in [0, 0.1) is 17.8 Å². The predicted octanol–water partition coefficient (Wildman–Crippen LogP) is 7.35. The number of rotatable bonds is 12. The average Bonchev–Trinajstić information content (AvgIpc) is 3.84. The molecule has 2 bridgehead atoms. The monoisotopic (exact) mass is 654 g/mol. The molecule has 48 heavy (non-hydrogen) atoms. The summed E-state index contributed by atoms with van der Waals surface area (Å²) >= 11 is 0. The van der Waals surface area contributed by atoms with Crippen LogP contribution in [0.1, 0.15) is 114 Å². The number of phenols is 1. The maximum Gasteiger partial charge on any atom is 0.308 e. The van der Waals surface area contributed by atoms with E-state index in [0.717, 1.165) is 88.0 Å². The molecule has 1 spiro atoms. The number of hydrogen-bond acceptors (Lipinski definition) is 6. The average molecular weight is 655 g/mol. The highest BCUT2D eigenvalue weighted by Crippen LogP contribution is 2.66. The molecule has 5 atom stereocenters. The molecule has 2 aromatic rings. The lowest BCUT2D eigenvalue weighted by molar-refractivity contribution is -0.144. The van der Waals surface area contributed by atoms with Crippen LogP contribution in [-0.2, 0) is 27.8 Å². The Hall–Kier alpha value is -3.06. The minimum atomic E-state index is -0.413. The highest BCUT2D eigenvalue weighted by atomic mass is 16.6. The molecule has 1 N–H and O–H groups in total. The fourth-order valence-corrected chi connectivity index (χ4v) is 10.7. The number of hydrogen-bond donors (Lipinski definition) is 1. The van der Waals surface area contributed by atoms with Gasteiger partial charge >= 0.3 is 5.97 Å². The standard InChI is InChI=1S/C41H54N2O5/c1-27(44)47-36-24-35(45)31-23-34-32-19-20-33(40-41(32,38(31)39(36)48-40)21-22-42(34)25-30-17-18-30)43(26-29-14-8-3-9-15-29)37(46)16-10-4-7-13-28-11-5-2-6-12-28/h2,5-6,11-12,24,29-30,32-34,40,45H,3-4,7-10,13-23,25-26H2,1H3/t32-,33+,34+,40-,41-/m0/s1. The van der Waals surface area contributed by atoms with Crippen molar-refractivity contribution in [2.45, 2.75) is 133 Å². The van der Waals surface area contributed by atoms with Crippen molar-refractivity contribution in [3.63, 3.8) is 0 Å². The number of esters is 1. The third-order valence-corrected chi connectivity index (χ3v) is 13.0. The van der Waals surface area contributed by atoms with Gasteiger partial charge in [-0.1, -0.05) is 56.0 Å². The smallest absolute Gasteiger partial charge is 0.308 e. The number of unbranched alkanes of at least 4 members (excludes halogenated alkanes) is 2. The van der Waals surface area contributed by atoms with Gasteiger partial charge < -0.3 is 19.5 Å². The largest absolute Gasteiger partial charge is 0.508 e. The zero-order valence-corrected chi connectivity index (χ0v) is 28.8. The van der Waals surface area contributed by atoms with Gasteiger partial charge in [0.2, 0.25) is 5.91 Å². The maximum absolute atomic E-state index is 14.4. The van der Waals surface area contributed by atoms with E-state index in [9.17, 15) is 14.7 Å². The number of aromatic hydroxyl groups is 1. The number of ether oxygens (including phenoxy) is 2. The van der Waals surface area contributed by atoms with E-state index in [1.807, 2.05) is 0 Å². The Labute approximate surface area is 286 Å². The van der Waals surface area contributed by atoms with Crippen LogP contribution in [0.3, 0.4) is 0 Å². The summed E-state index contributed by atoms with van der Waals surface area (Å²) < 4.78 is 12.9. The van der Waals surface area contributed by atoms with Crippen molar-refractivity contribution in [3.05, 3.63) is 53.1 Å². The first-order chi connectivity index (χ1) is 23.4. The van der Waals surface area contributed by atoms with Gasteiger partial charge in [0, 0.05) is 55.1 Å². The lowest BCUT2D eigenvalue weighted by Crippen LogP contribution is -2.69. The van der Waals surface area contributed by atoms with Gasteiger partial charge in [-0.15, -0.1) is 0 Å². The molecule has 0 aromatic heterocycles. The Bertz CT molecular complexity index is 1500. The minimum absolute atomic E-state index is 0.0266. The van der Waals surface area contributed by atoms with Gasteiger partial charge in [-0.2, -0.15) is 0 Å². The third kappa shape index (κ3) is 5.92. The van der Waals surface area contributed by atoms with Crippen molar-refractivity contribution in [1.82, 2.24) is 9.80 Å². The van der Waals surface area contributed by atoms with Crippen LogP contribution in [0.15, 0.2) is 36.4 Å². The van der Waals surface area contributed by atoms with Crippen LogP contribution >= 0.6 is 0 Å². The second kappa shape index (κ2) is 13.3. The van der Waals surface area contributed by atoms with E-state index in [1.165, 1.54) is 57.4 Å². The summed E-state index contributed by atoms with van der Waals surface area (Å²) in [6.45, 7) is 4.39. The van der Waals surface area contributed by atoms with Crippen LogP contribution < -0.4 is 9.47 Å². The number of benzene rings is 2. The van der Waals surface area contributed by atoms with Crippen molar-refractivity contribution in [3.8, 4) is 17.2 Å². The molecule has 2 aromatic carbocycles. The molecule has 6 aliphatic rings. The molecule has 4 aliphatic carbocycles. The quantitative estimate of drug-likeness (QED) is 0.147. The number of carbonyl (C=O) groups is 2. The Morgan fingerprint density at radius 2 is 1.81 bits per heavy atom. The van der Waals surface area contributed by atoms with Crippen molar-refractivity contribution in [1.29, 1.82) is 0 Å². The number of aryl methyl sites for hydroxylation is 1. The van der Waals surface area contributed by atoms with Gasteiger partial charge in [-0.05, 0) is 100 Å². The Morgan fingerprint density at radius 1 is 1.00 bits per heavy atom. The summed E-state index contributed by atoms with van der Waals surface area (Å²) in [5.41, 5.74) is 3.15. The van der Waals surface area contributed by atoms with Crippen LogP contribution in [0.2, 0.25) is 0 Å². The summed E-state index contributed by atoms with van der Waals surface area (Å²) in [4.78, 5) is 31.7. The summed E-state index contributed by atoms with van der Waals surface area (Å²) in [6, 6.07) is 12.6. The molecule has 4 fully saturated rings. The van der Waals surface area contributed by atoms with Crippen molar-refractivity contribution in [2.75, 3.05) is 19.6 Å². The zero-order chi connectivity index (χ0) is 32.8. The van der Waals surface area contributed by atoms with Gasteiger partial charge in [-0.25, -0.2) is 0 Å². The number of likely N-dealkylation sites (tertiary alicyclic amines) is 1. The molecule has 0 unspecified atom stereocenters. The Balaban J connectivity index is 1.09. The van der Waals surface area contributed by atoms with Gasteiger partial charge in [0.25, 0.3) is 0 Å². The van der Waals surface area contributed by atoms with Gasteiger partial charge in [0.15, 0.2) is 11.5 Å². The first kappa shape index (κ1) is 32.2. The zero-order valence-electron chi connectivity index (χ0n) is 28.8. The van der Waals surface area contributed by atoms with E-state index in [0.29, 0.717) is 35.8 Å².